The Balaban J connectivity index is 1.87. The van der Waals surface area contributed by atoms with Crippen molar-refractivity contribution in [2.75, 3.05) is 18.8 Å². The fourth-order valence-electron chi connectivity index (χ4n) is 2.84. The van der Waals surface area contributed by atoms with Crippen molar-refractivity contribution in [1.82, 2.24) is 10.2 Å². The first-order chi connectivity index (χ1) is 12.8. The predicted octanol–water partition coefficient (Wildman–Crippen LogP) is 1.82. The van der Waals surface area contributed by atoms with Gasteiger partial charge in [-0.1, -0.05) is 38.5 Å². The van der Waals surface area contributed by atoms with Crippen molar-refractivity contribution in [1.29, 1.82) is 0 Å². The molecule has 0 aromatic carbocycles. The first kappa shape index (κ1) is 23.3. The molecule has 0 aromatic heterocycles. The minimum absolute atomic E-state index is 0.0163. The maximum absolute atomic E-state index is 11.7. The highest BCUT2D eigenvalue weighted by molar-refractivity contribution is 7.85. The minimum Gasteiger partial charge on any atom is -0.356 e. The first-order valence-electron chi connectivity index (χ1n) is 9.55. The highest BCUT2D eigenvalue weighted by Crippen LogP contribution is 2.10. The van der Waals surface area contributed by atoms with E-state index in [2.05, 4.69) is 5.32 Å². The van der Waals surface area contributed by atoms with Crippen LogP contribution >= 0.6 is 0 Å². The molecule has 0 unspecified atom stereocenters. The van der Waals surface area contributed by atoms with Gasteiger partial charge in [0.15, 0.2) is 0 Å². The number of nitrogens with zero attached hydrogens (tertiary/aromatic N) is 1. The number of unbranched alkanes of at least 4 members (excludes halogenated alkanes) is 7. The summed E-state index contributed by atoms with van der Waals surface area (Å²) in [6.45, 7) is 0.759. The smallest absolute Gasteiger partial charge is 0.264 e. The second kappa shape index (κ2) is 12.6. The molecule has 8 nitrogen and oxygen atoms in total. The van der Waals surface area contributed by atoms with Crippen molar-refractivity contribution in [3.63, 3.8) is 0 Å². The van der Waals surface area contributed by atoms with Crippen LogP contribution in [0.15, 0.2) is 12.2 Å². The van der Waals surface area contributed by atoms with E-state index in [9.17, 15) is 22.8 Å². The molecule has 3 amide bonds. The second-order valence-corrected chi connectivity index (χ2v) is 8.30. The Hall–Kier alpha value is -1.74. The van der Waals surface area contributed by atoms with Crippen molar-refractivity contribution in [3.8, 4) is 0 Å². The number of hydrogen-bond acceptors (Lipinski definition) is 5. The Labute approximate surface area is 161 Å². The van der Waals surface area contributed by atoms with E-state index in [0.29, 0.717) is 32.4 Å². The molecule has 1 aliphatic rings. The van der Waals surface area contributed by atoms with E-state index in [1.807, 2.05) is 0 Å². The Morgan fingerprint density at radius 2 is 1.41 bits per heavy atom. The third kappa shape index (κ3) is 11.6. The summed E-state index contributed by atoms with van der Waals surface area (Å²) in [5.74, 6) is -0.782. The van der Waals surface area contributed by atoms with Gasteiger partial charge in [-0.2, -0.15) is 8.42 Å². The van der Waals surface area contributed by atoms with Crippen LogP contribution in [0.5, 0.6) is 0 Å². The van der Waals surface area contributed by atoms with Crippen molar-refractivity contribution >= 4 is 27.8 Å². The fourth-order valence-corrected chi connectivity index (χ4v) is 3.40. The molecule has 2 N–H and O–H groups in total. The lowest BCUT2D eigenvalue weighted by atomic mass is 10.1. The van der Waals surface area contributed by atoms with Gasteiger partial charge < -0.3 is 5.32 Å². The lowest BCUT2D eigenvalue weighted by molar-refractivity contribution is -0.136. The third-order valence-corrected chi connectivity index (χ3v) is 5.14. The fraction of sp³-hybridized carbons (Fsp3) is 0.722. The summed E-state index contributed by atoms with van der Waals surface area (Å²) in [5.41, 5.74) is 0. The van der Waals surface area contributed by atoms with Crippen LogP contribution < -0.4 is 5.32 Å². The molecule has 0 aromatic rings. The Morgan fingerprint density at radius 1 is 0.889 bits per heavy atom. The SMILES string of the molecule is O=C(CCCCCCCCCCS(=O)(=O)O)NCCCN1C(=O)C=CC1=O. The highest BCUT2D eigenvalue weighted by Gasteiger charge is 2.22. The van der Waals surface area contributed by atoms with Crippen molar-refractivity contribution < 1.29 is 27.4 Å². The molecular formula is C18H30N2O6S. The van der Waals surface area contributed by atoms with Gasteiger partial charge in [0.25, 0.3) is 21.9 Å². The molecule has 0 radical (unpaired) electrons. The average molecular weight is 403 g/mol. The minimum atomic E-state index is -3.83. The van der Waals surface area contributed by atoms with E-state index in [1.54, 1.807) is 0 Å². The molecule has 0 atom stereocenters. The summed E-state index contributed by atoms with van der Waals surface area (Å²) >= 11 is 0. The van der Waals surface area contributed by atoms with Gasteiger partial charge in [-0.25, -0.2) is 0 Å². The zero-order chi connectivity index (χ0) is 20.1. The van der Waals surface area contributed by atoms with Crippen LogP contribution in [0.1, 0.15) is 64.2 Å². The van der Waals surface area contributed by atoms with Gasteiger partial charge in [-0.3, -0.25) is 23.8 Å². The molecule has 9 heteroatoms. The van der Waals surface area contributed by atoms with E-state index in [0.717, 1.165) is 49.8 Å². The predicted molar refractivity (Wildman–Crippen MR) is 101 cm³/mol. The van der Waals surface area contributed by atoms with E-state index < -0.39 is 10.1 Å². The normalized spacial score (nSPS) is 14.2. The van der Waals surface area contributed by atoms with Crippen molar-refractivity contribution in [3.05, 3.63) is 12.2 Å². The van der Waals surface area contributed by atoms with Crippen LogP contribution in [0.2, 0.25) is 0 Å². The zero-order valence-corrected chi connectivity index (χ0v) is 16.5. The largest absolute Gasteiger partial charge is 0.356 e. The van der Waals surface area contributed by atoms with Gasteiger partial charge in [0.05, 0.1) is 5.75 Å². The van der Waals surface area contributed by atoms with Gasteiger partial charge in [-0.05, 0) is 19.3 Å². The molecule has 154 valence electrons. The topological polar surface area (TPSA) is 121 Å². The number of nitrogens with one attached hydrogen (secondary N) is 1. The molecule has 0 saturated carbocycles. The number of imide groups is 1. The van der Waals surface area contributed by atoms with Crippen LogP contribution in [0.25, 0.3) is 0 Å². The average Bonchev–Trinajstić information content (AvgIpc) is 2.91. The summed E-state index contributed by atoms with van der Waals surface area (Å²) in [6, 6.07) is 0. The van der Waals surface area contributed by atoms with Gasteiger partial charge >= 0.3 is 0 Å². The summed E-state index contributed by atoms with van der Waals surface area (Å²) < 4.78 is 29.7. The summed E-state index contributed by atoms with van der Waals surface area (Å²) in [6.07, 6.45) is 10.7. The Bertz CT molecular complexity index is 612. The molecule has 1 aliphatic heterocycles. The third-order valence-electron chi connectivity index (χ3n) is 4.34. The molecular weight excluding hydrogens is 372 g/mol. The Kier molecular flexibility index (Phi) is 10.9. The molecule has 0 aliphatic carbocycles. The van der Waals surface area contributed by atoms with Crippen molar-refractivity contribution in [2.45, 2.75) is 64.2 Å². The summed E-state index contributed by atoms with van der Waals surface area (Å²) in [4.78, 5) is 35.6. The number of carbonyl (C=O) groups excluding carboxylic acids is 3. The van der Waals surface area contributed by atoms with Crippen LogP contribution in [0, 0.1) is 0 Å². The molecule has 0 saturated heterocycles. The van der Waals surface area contributed by atoms with Crippen LogP contribution in [-0.2, 0) is 24.5 Å². The first-order valence-corrected chi connectivity index (χ1v) is 11.2. The van der Waals surface area contributed by atoms with Crippen LogP contribution in [-0.4, -0.2) is 54.4 Å². The van der Waals surface area contributed by atoms with Gasteiger partial charge in [-0.15, -0.1) is 0 Å². The summed E-state index contributed by atoms with van der Waals surface area (Å²) in [7, 11) is -3.83. The molecule has 1 heterocycles. The number of hydrogen-bond donors (Lipinski definition) is 2. The maximum Gasteiger partial charge on any atom is 0.264 e. The quantitative estimate of drug-likeness (QED) is 0.245. The van der Waals surface area contributed by atoms with E-state index in [4.69, 9.17) is 4.55 Å². The van der Waals surface area contributed by atoms with Crippen molar-refractivity contribution in [2.24, 2.45) is 0 Å². The second-order valence-electron chi connectivity index (χ2n) is 6.73. The highest BCUT2D eigenvalue weighted by atomic mass is 32.2. The molecule has 0 fully saturated rings. The van der Waals surface area contributed by atoms with E-state index >= 15 is 0 Å². The van der Waals surface area contributed by atoms with E-state index in [1.165, 1.54) is 12.2 Å². The number of amides is 3. The zero-order valence-electron chi connectivity index (χ0n) is 15.7. The van der Waals surface area contributed by atoms with E-state index in [-0.39, 0.29) is 23.5 Å². The van der Waals surface area contributed by atoms with Gasteiger partial charge in [0.1, 0.15) is 0 Å². The maximum atomic E-state index is 11.7. The van der Waals surface area contributed by atoms with Gasteiger partial charge in [0, 0.05) is 31.7 Å². The lowest BCUT2D eigenvalue weighted by Gasteiger charge is -2.13. The number of rotatable bonds is 15. The van der Waals surface area contributed by atoms with Crippen LogP contribution in [0.4, 0.5) is 0 Å². The molecule has 0 bridgehead atoms. The lowest BCUT2D eigenvalue weighted by Crippen LogP contribution is -2.33. The standard InChI is InChI=1S/C18H30N2O6S/c21-16(19-13-9-14-20-17(22)11-12-18(20)23)10-7-5-3-1-2-4-6-8-15-27(24,25)26/h11-12H,1-10,13-15H2,(H,19,21)(H,24,25,26). The van der Waals surface area contributed by atoms with Gasteiger partial charge in [0.2, 0.25) is 5.91 Å². The number of carbonyl (C=O) groups is 3. The van der Waals surface area contributed by atoms with Crippen LogP contribution in [0.3, 0.4) is 0 Å². The monoisotopic (exact) mass is 402 g/mol. The Morgan fingerprint density at radius 3 is 1.96 bits per heavy atom. The molecule has 0 spiro atoms. The molecule has 27 heavy (non-hydrogen) atoms. The molecule has 1 rings (SSSR count). The summed E-state index contributed by atoms with van der Waals surface area (Å²) in [5, 5.41) is 2.80.